The lowest BCUT2D eigenvalue weighted by Crippen LogP contribution is -2.04. The number of rotatable bonds is 6. The quantitative estimate of drug-likeness (QED) is 0.412. The van der Waals surface area contributed by atoms with Crippen LogP contribution in [-0.4, -0.2) is 40.0 Å². The van der Waals surface area contributed by atoms with Crippen molar-refractivity contribution in [3.8, 4) is 11.8 Å². The number of phenolic OH excluding ortho intramolecular Hbond substituents is 1. The van der Waals surface area contributed by atoms with Crippen molar-refractivity contribution in [1.82, 2.24) is 20.6 Å². The zero-order valence-corrected chi connectivity index (χ0v) is 11.9. The van der Waals surface area contributed by atoms with Gasteiger partial charge < -0.3 is 19.9 Å². The topological polar surface area (TPSA) is 129 Å². The second-order valence-corrected chi connectivity index (χ2v) is 4.13. The van der Waals surface area contributed by atoms with Gasteiger partial charge in [-0.05, 0) is 17.3 Å². The van der Waals surface area contributed by atoms with Gasteiger partial charge in [-0.15, -0.1) is 10.2 Å². The van der Waals surface area contributed by atoms with Crippen LogP contribution in [0.3, 0.4) is 0 Å². The van der Waals surface area contributed by atoms with E-state index in [0.29, 0.717) is 11.3 Å². The molecule has 0 spiro atoms. The fourth-order valence-electron chi connectivity index (χ4n) is 1.76. The Morgan fingerprint density at radius 3 is 2.82 bits per heavy atom. The Balaban J connectivity index is 2.25. The van der Waals surface area contributed by atoms with Crippen molar-refractivity contribution in [2.75, 3.05) is 19.5 Å². The van der Waals surface area contributed by atoms with E-state index < -0.39 is 6.29 Å². The lowest BCUT2D eigenvalue weighted by molar-refractivity contribution is -0.105. The molecule has 114 valence electrons. The standard InChI is InChI=1S/C13H14N6O3/c1-21-13(22-2)8-3-4-11(20)10(5-8)15-7-9(6-14)12-16-18-19-17-12/h3-5,7,13,15,20H,1-2H3,(H,16,17,18,19). The maximum Gasteiger partial charge on any atom is 0.216 e. The highest BCUT2D eigenvalue weighted by molar-refractivity contribution is 5.74. The Hall–Kier alpha value is -2.96. The van der Waals surface area contributed by atoms with Gasteiger partial charge in [-0.3, -0.25) is 0 Å². The van der Waals surface area contributed by atoms with Crippen molar-refractivity contribution in [2.24, 2.45) is 0 Å². The highest BCUT2D eigenvalue weighted by atomic mass is 16.7. The summed E-state index contributed by atoms with van der Waals surface area (Å²) in [5.41, 5.74) is 1.25. The molecule has 0 aliphatic rings. The van der Waals surface area contributed by atoms with Crippen LogP contribution in [0.2, 0.25) is 0 Å². The summed E-state index contributed by atoms with van der Waals surface area (Å²) in [5.74, 6) is 0.161. The van der Waals surface area contributed by atoms with Crippen molar-refractivity contribution in [1.29, 1.82) is 5.26 Å². The summed E-state index contributed by atoms with van der Waals surface area (Å²) in [7, 11) is 3.02. The fourth-order valence-corrected chi connectivity index (χ4v) is 1.76. The van der Waals surface area contributed by atoms with Gasteiger partial charge in [0, 0.05) is 26.0 Å². The predicted octanol–water partition coefficient (Wildman–Crippen LogP) is 1.17. The first-order valence-corrected chi connectivity index (χ1v) is 6.18. The van der Waals surface area contributed by atoms with Gasteiger partial charge in [0.25, 0.3) is 0 Å². The van der Waals surface area contributed by atoms with Gasteiger partial charge in [0.15, 0.2) is 6.29 Å². The lowest BCUT2D eigenvalue weighted by atomic mass is 10.1. The molecule has 1 heterocycles. The number of nitrogens with one attached hydrogen (secondary N) is 2. The Kier molecular flexibility index (Phi) is 5.02. The number of tetrazole rings is 1. The lowest BCUT2D eigenvalue weighted by Gasteiger charge is -2.15. The third-order valence-corrected chi connectivity index (χ3v) is 2.80. The minimum atomic E-state index is -0.558. The first-order valence-electron chi connectivity index (χ1n) is 6.18. The number of nitriles is 1. The van der Waals surface area contributed by atoms with Crippen LogP contribution in [0.1, 0.15) is 17.7 Å². The smallest absolute Gasteiger partial charge is 0.216 e. The fraction of sp³-hybridized carbons (Fsp3) is 0.231. The third-order valence-electron chi connectivity index (χ3n) is 2.80. The van der Waals surface area contributed by atoms with Crippen molar-refractivity contribution in [3.63, 3.8) is 0 Å². The normalized spacial score (nSPS) is 11.5. The van der Waals surface area contributed by atoms with Crippen LogP contribution >= 0.6 is 0 Å². The van der Waals surface area contributed by atoms with Crippen molar-refractivity contribution < 1.29 is 14.6 Å². The van der Waals surface area contributed by atoms with Crippen LogP contribution in [0.15, 0.2) is 24.4 Å². The molecule has 3 N–H and O–H groups in total. The number of benzene rings is 1. The molecule has 0 atom stereocenters. The van der Waals surface area contributed by atoms with E-state index >= 15 is 0 Å². The van der Waals surface area contributed by atoms with Crippen molar-refractivity contribution >= 4 is 11.3 Å². The minimum Gasteiger partial charge on any atom is -0.506 e. The Morgan fingerprint density at radius 1 is 1.45 bits per heavy atom. The predicted molar refractivity (Wildman–Crippen MR) is 76.3 cm³/mol. The van der Waals surface area contributed by atoms with E-state index in [4.69, 9.17) is 14.7 Å². The summed E-state index contributed by atoms with van der Waals surface area (Å²) >= 11 is 0. The number of H-pyrrole nitrogens is 1. The Labute approximate surface area is 126 Å². The second-order valence-electron chi connectivity index (χ2n) is 4.13. The maximum absolute atomic E-state index is 9.87. The highest BCUT2D eigenvalue weighted by Gasteiger charge is 2.12. The van der Waals surface area contributed by atoms with Gasteiger partial charge in [0.2, 0.25) is 5.82 Å². The molecule has 1 aromatic heterocycles. The summed E-state index contributed by atoms with van der Waals surface area (Å²) in [6.07, 6.45) is 0.816. The monoisotopic (exact) mass is 302 g/mol. The van der Waals surface area contributed by atoms with Crippen LogP contribution in [-0.2, 0) is 9.47 Å². The zero-order valence-electron chi connectivity index (χ0n) is 11.9. The van der Waals surface area contributed by atoms with E-state index in [9.17, 15) is 5.11 Å². The van der Waals surface area contributed by atoms with Crippen LogP contribution in [0.5, 0.6) is 5.75 Å². The van der Waals surface area contributed by atoms with Gasteiger partial charge in [0.1, 0.15) is 17.4 Å². The van der Waals surface area contributed by atoms with Crippen LogP contribution in [0.25, 0.3) is 5.57 Å². The number of anilines is 1. The van der Waals surface area contributed by atoms with Gasteiger partial charge >= 0.3 is 0 Å². The molecule has 22 heavy (non-hydrogen) atoms. The number of hydrogen-bond donors (Lipinski definition) is 3. The number of ether oxygens (including phenoxy) is 2. The van der Waals surface area contributed by atoms with Gasteiger partial charge in [-0.2, -0.15) is 10.5 Å². The molecule has 0 fully saturated rings. The SMILES string of the molecule is COC(OC)c1ccc(O)c(NC=C(C#N)c2nn[nH]n2)c1. The average molecular weight is 302 g/mol. The summed E-state index contributed by atoms with van der Waals surface area (Å²) in [6, 6.07) is 6.75. The number of aromatic amines is 1. The zero-order chi connectivity index (χ0) is 15.9. The first kappa shape index (κ1) is 15.4. The molecule has 2 aromatic rings. The number of hydrogen-bond acceptors (Lipinski definition) is 8. The minimum absolute atomic E-state index is 0.0105. The van der Waals surface area contributed by atoms with E-state index in [1.807, 2.05) is 6.07 Å². The first-order chi connectivity index (χ1) is 10.7. The molecule has 0 bridgehead atoms. The largest absolute Gasteiger partial charge is 0.506 e. The maximum atomic E-state index is 9.87. The molecule has 9 heteroatoms. The van der Waals surface area contributed by atoms with E-state index in [-0.39, 0.29) is 17.1 Å². The highest BCUT2D eigenvalue weighted by Crippen LogP contribution is 2.29. The van der Waals surface area contributed by atoms with Crippen LogP contribution < -0.4 is 5.32 Å². The molecule has 0 radical (unpaired) electrons. The van der Waals surface area contributed by atoms with Crippen LogP contribution in [0.4, 0.5) is 5.69 Å². The van der Waals surface area contributed by atoms with Crippen LogP contribution in [0, 0.1) is 11.3 Å². The van der Waals surface area contributed by atoms with Crippen molar-refractivity contribution in [2.45, 2.75) is 6.29 Å². The average Bonchev–Trinajstić information content (AvgIpc) is 3.06. The third kappa shape index (κ3) is 3.38. The molecule has 0 aliphatic carbocycles. The van der Waals surface area contributed by atoms with E-state index in [0.717, 1.165) is 0 Å². The summed E-state index contributed by atoms with van der Waals surface area (Å²) in [4.78, 5) is 0. The van der Waals surface area contributed by atoms with Gasteiger partial charge in [-0.25, -0.2) is 0 Å². The Bertz CT molecular complexity index is 688. The van der Waals surface area contributed by atoms with Gasteiger partial charge in [0.05, 0.1) is 5.69 Å². The molecule has 2 rings (SSSR count). The molecule has 1 aromatic carbocycles. The molecule has 9 nitrogen and oxygen atoms in total. The number of nitrogens with zero attached hydrogens (tertiary/aromatic N) is 4. The number of aromatic hydroxyl groups is 1. The summed E-state index contributed by atoms with van der Waals surface area (Å²) in [5, 5.41) is 34.9. The number of allylic oxidation sites excluding steroid dienone is 1. The van der Waals surface area contributed by atoms with Crippen molar-refractivity contribution in [3.05, 3.63) is 35.8 Å². The molecular weight excluding hydrogens is 288 g/mol. The molecule has 0 saturated heterocycles. The number of methoxy groups -OCH3 is 2. The number of aromatic nitrogens is 4. The Morgan fingerprint density at radius 2 is 2.23 bits per heavy atom. The molecule has 0 unspecified atom stereocenters. The summed E-state index contributed by atoms with van der Waals surface area (Å²) < 4.78 is 10.3. The molecule has 0 aliphatic heterocycles. The van der Waals surface area contributed by atoms with E-state index in [2.05, 4.69) is 25.9 Å². The second kappa shape index (κ2) is 7.16. The van der Waals surface area contributed by atoms with Gasteiger partial charge in [-0.1, -0.05) is 6.07 Å². The van der Waals surface area contributed by atoms with E-state index in [1.54, 1.807) is 12.1 Å². The summed E-state index contributed by atoms with van der Waals surface area (Å²) in [6.45, 7) is 0. The molecule has 0 amide bonds. The molecule has 0 saturated carbocycles. The molecular formula is C13H14N6O3. The number of phenols is 1. The van der Waals surface area contributed by atoms with E-state index in [1.165, 1.54) is 26.5 Å².